The third-order valence-electron chi connectivity index (χ3n) is 2.86. The van der Waals surface area contributed by atoms with Crippen molar-refractivity contribution >= 4 is 21.8 Å². The van der Waals surface area contributed by atoms with Gasteiger partial charge >= 0.3 is 0 Å². The summed E-state index contributed by atoms with van der Waals surface area (Å²) in [4.78, 5) is 13.8. The molecule has 1 fully saturated rings. The second-order valence-corrected chi connectivity index (χ2v) is 5.23. The van der Waals surface area contributed by atoms with Crippen LogP contribution in [0.5, 0.6) is 0 Å². The van der Waals surface area contributed by atoms with Gasteiger partial charge < -0.3 is 4.90 Å². The number of carbonyl (C=O) groups excluding carboxylic acids is 1. The van der Waals surface area contributed by atoms with Crippen molar-refractivity contribution in [3.63, 3.8) is 0 Å². The normalized spacial score (nSPS) is 26.7. The fourth-order valence-corrected chi connectivity index (χ4v) is 2.21. The quantitative estimate of drug-likeness (QED) is 0.687. The van der Waals surface area contributed by atoms with Crippen molar-refractivity contribution in [3.05, 3.63) is 0 Å². The number of halogens is 1. The van der Waals surface area contributed by atoms with Crippen LogP contribution in [0.1, 0.15) is 33.6 Å². The predicted octanol–water partition coefficient (Wildman–Crippen LogP) is 2.42. The van der Waals surface area contributed by atoms with E-state index in [2.05, 4.69) is 36.7 Å². The molecular weight excluding hydrogens is 230 g/mol. The van der Waals surface area contributed by atoms with Gasteiger partial charge in [0.1, 0.15) is 0 Å². The number of nitrogens with zero attached hydrogens (tertiary/aromatic N) is 1. The van der Waals surface area contributed by atoms with E-state index in [0.717, 1.165) is 19.4 Å². The highest BCUT2D eigenvalue weighted by Gasteiger charge is 2.30. The van der Waals surface area contributed by atoms with Crippen molar-refractivity contribution in [3.8, 4) is 0 Å². The van der Waals surface area contributed by atoms with E-state index in [1.807, 2.05) is 4.90 Å². The number of carbonyl (C=O) groups is 1. The van der Waals surface area contributed by atoms with E-state index in [9.17, 15) is 4.79 Å². The topological polar surface area (TPSA) is 20.3 Å². The number of rotatable bonds is 2. The maximum absolute atomic E-state index is 11.8. The molecule has 0 aromatic carbocycles. The van der Waals surface area contributed by atoms with Crippen LogP contribution in [0.4, 0.5) is 0 Å². The molecular formula is C10H18BrNO. The lowest BCUT2D eigenvalue weighted by atomic mass is 10.0. The molecule has 2 atom stereocenters. The second-order valence-electron chi connectivity index (χ2n) is 4.13. The van der Waals surface area contributed by atoms with E-state index < -0.39 is 0 Å². The molecule has 1 amide bonds. The molecule has 0 spiro atoms. The van der Waals surface area contributed by atoms with Gasteiger partial charge in [0.05, 0.1) is 4.83 Å². The van der Waals surface area contributed by atoms with Gasteiger partial charge in [0, 0.05) is 12.6 Å². The molecule has 3 heteroatoms. The third-order valence-corrected chi connectivity index (χ3v) is 3.71. The fraction of sp³-hybridized carbons (Fsp3) is 0.900. The van der Waals surface area contributed by atoms with Crippen LogP contribution in [0.25, 0.3) is 0 Å². The van der Waals surface area contributed by atoms with Gasteiger partial charge in [0.15, 0.2) is 0 Å². The summed E-state index contributed by atoms with van der Waals surface area (Å²) in [6, 6.07) is 0.368. The molecule has 0 bridgehead atoms. The summed E-state index contributed by atoms with van der Waals surface area (Å²) in [5.74, 6) is 0.814. The molecule has 0 radical (unpaired) electrons. The lowest BCUT2D eigenvalue weighted by Gasteiger charge is -2.36. The minimum absolute atomic E-state index is 0.0578. The van der Waals surface area contributed by atoms with Crippen LogP contribution in [0.2, 0.25) is 0 Å². The van der Waals surface area contributed by atoms with Crippen molar-refractivity contribution in [1.29, 1.82) is 0 Å². The molecule has 1 saturated heterocycles. The van der Waals surface area contributed by atoms with E-state index in [1.54, 1.807) is 0 Å². The number of likely N-dealkylation sites (tertiary alicyclic amines) is 1. The molecule has 13 heavy (non-hydrogen) atoms. The maximum Gasteiger partial charge on any atom is 0.236 e. The minimum Gasteiger partial charge on any atom is -0.339 e. The molecule has 1 aliphatic heterocycles. The van der Waals surface area contributed by atoms with E-state index >= 15 is 0 Å². The molecule has 2 unspecified atom stereocenters. The van der Waals surface area contributed by atoms with Crippen LogP contribution in [0.15, 0.2) is 0 Å². The average molecular weight is 248 g/mol. The predicted molar refractivity (Wildman–Crippen MR) is 58.0 cm³/mol. The van der Waals surface area contributed by atoms with Crippen molar-refractivity contribution in [1.82, 2.24) is 4.90 Å². The molecule has 1 rings (SSSR count). The van der Waals surface area contributed by atoms with Gasteiger partial charge in [-0.15, -0.1) is 0 Å². The summed E-state index contributed by atoms with van der Waals surface area (Å²) in [6.07, 6.45) is 2.11. The van der Waals surface area contributed by atoms with E-state index in [4.69, 9.17) is 0 Å². The number of piperidine rings is 1. The molecule has 1 aliphatic rings. The van der Waals surface area contributed by atoms with Crippen molar-refractivity contribution in [2.75, 3.05) is 6.54 Å². The summed E-state index contributed by atoms with van der Waals surface area (Å²) >= 11 is 3.42. The molecule has 0 saturated carbocycles. The second kappa shape index (κ2) is 4.45. The van der Waals surface area contributed by atoms with Crippen LogP contribution < -0.4 is 0 Å². The highest BCUT2D eigenvalue weighted by molar-refractivity contribution is 9.10. The first kappa shape index (κ1) is 11.0. The zero-order valence-corrected chi connectivity index (χ0v) is 10.2. The van der Waals surface area contributed by atoms with Gasteiger partial charge in [-0.3, -0.25) is 4.79 Å². The maximum atomic E-state index is 11.8. The van der Waals surface area contributed by atoms with Gasteiger partial charge in [0.2, 0.25) is 5.91 Å². The Morgan fingerprint density at radius 1 is 1.46 bits per heavy atom. The highest BCUT2D eigenvalue weighted by atomic mass is 79.9. The van der Waals surface area contributed by atoms with Crippen LogP contribution in [-0.2, 0) is 4.79 Å². The van der Waals surface area contributed by atoms with Gasteiger partial charge in [-0.25, -0.2) is 0 Å². The van der Waals surface area contributed by atoms with Gasteiger partial charge in [0.25, 0.3) is 0 Å². The Morgan fingerprint density at radius 2 is 2.08 bits per heavy atom. The molecule has 0 N–H and O–H groups in total. The first-order chi connectivity index (χ1) is 6.04. The zero-order valence-electron chi connectivity index (χ0n) is 8.59. The standard InChI is InChI=1S/C10H18BrNO/c1-7(2)8(3)12-6-4-5-9(11)10(12)13/h7-9H,4-6H2,1-3H3. The zero-order chi connectivity index (χ0) is 10.0. The molecule has 0 aliphatic carbocycles. The molecule has 0 aromatic rings. The SMILES string of the molecule is CC(C)C(C)N1CCCC(Br)C1=O. The fourth-order valence-electron chi connectivity index (χ4n) is 1.62. The Kier molecular flexibility index (Phi) is 3.77. The summed E-state index contributed by atoms with van der Waals surface area (Å²) in [5.41, 5.74) is 0. The summed E-state index contributed by atoms with van der Waals surface area (Å²) in [7, 11) is 0. The van der Waals surface area contributed by atoms with Gasteiger partial charge in [-0.2, -0.15) is 0 Å². The lowest BCUT2D eigenvalue weighted by molar-refractivity contribution is -0.135. The molecule has 2 nitrogen and oxygen atoms in total. The number of hydrogen-bond acceptors (Lipinski definition) is 1. The van der Waals surface area contributed by atoms with Gasteiger partial charge in [-0.1, -0.05) is 29.8 Å². The van der Waals surface area contributed by atoms with Crippen molar-refractivity contribution in [2.45, 2.75) is 44.5 Å². The smallest absolute Gasteiger partial charge is 0.236 e. The molecule has 76 valence electrons. The Hall–Kier alpha value is -0.0500. The highest BCUT2D eigenvalue weighted by Crippen LogP contribution is 2.22. The Bertz CT molecular complexity index is 193. The third kappa shape index (κ3) is 2.46. The van der Waals surface area contributed by atoms with Crippen molar-refractivity contribution < 1.29 is 4.79 Å². The van der Waals surface area contributed by atoms with Crippen LogP contribution in [0, 0.1) is 5.92 Å². The number of hydrogen-bond donors (Lipinski definition) is 0. The van der Waals surface area contributed by atoms with E-state index in [0.29, 0.717) is 12.0 Å². The monoisotopic (exact) mass is 247 g/mol. The summed E-state index contributed by atoms with van der Waals surface area (Å²) in [6.45, 7) is 7.39. The first-order valence-corrected chi connectivity index (χ1v) is 5.90. The largest absolute Gasteiger partial charge is 0.339 e. The van der Waals surface area contributed by atoms with Crippen LogP contribution in [-0.4, -0.2) is 28.2 Å². The minimum atomic E-state index is 0.0578. The molecule has 0 aromatic heterocycles. The Balaban J connectivity index is 2.62. The Labute approximate surface area is 88.8 Å². The van der Waals surface area contributed by atoms with E-state index in [1.165, 1.54) is 0 Å². The van der Waals surface area contributed by atoms with Crippen LogP contribution >= 0.6 is 15.9 Å². The average Bonchev–Trinajstić information content (AvgIpc) is 2.08. The number of amides is 1. The van der Waals surface area contributed by atoms with Crippen LogP contribution in [0.3, 0.4) is 0 Å². The molecule has 1 heterocycles. The lowest BCUT2D eigenvalue weighted by Crippen LogP contribution is -2.48. The summed E-state index contributed by atoms with van der Waals surface area (Å²) in [5, 5.41) is 0. The van der Waals surface area contributed by atoms with Gasteiger partial charge in [-0.05, 0) is 25.7 Å². The number of alkyl halides is 1. The first-order valence-electron chi connectivity index (χ1n) is 4.98. The van der Waals surface area contributed by atoms with Crippen molar-refractivity contribution in [2.24, 2.45) is 5.92 Å². The summed E-state index contributed by atoms with van der Waals surface area (Å²) < 4.78 is 0. The van der Waals surface area contributed by atoms with E-state index in [-0.39, 0.29) is 10.7 Å². The Morgan fingerprint density at radius 3 is 2.62 bits per heavy atom.